The molecule has 2 rings (SSSR count). The van der Waals surface area contributed by atoms with Crippen LogP contribution in [0.15, 0.2) is 36.5 Å². The first-order chi connectivity index (χ1) is 8.09. The highest BCUT2D eigenvalue weighted by Gasteiger charge is 2.15. The highest BCUT2D eigenvalue weighted by Crippen LogP contribution is 2.23. The van der Waals surface area contributed by atoms with Crippen molar-refractivity contribution in [3.8, 4) is 11.3 Å². The number of hydrogen-bond acceptors (Lipinski definition) is 2. The van der Waals surface area contributed by atoms with E-state index in [-0.39, 0.29) is 11.3 Å². The number of rotatable bonds is 2. The lowest BCUT2D eigenvalue weighted by Crippen LogP contribution is -2.03. The number of halogens is 1. The van der Waals surface area contributed by atoms with E-state index in [1.807, 2.05) is 13.0 Å². The van der Waals surface area contributed by atoms with Gasteiger partial charge >= 0.3 is 5.97 Å². The number of benzene rings is 1. The molecule has 17 heavy (non-hydrogen) atoms. The fraction of sp³-hybridized carbons (Fsp3) is 0.0769. The highest BCUT2D eigenvalue weighted by atomic mass is 19.1. The minimum absolute atomic E-state index is 0.0635. The quantitative estimate of drug-likeness (QED) is 0.864. The van der Waals surface area contributed by atoms with Gasteiger partial charge < -0.3 is 5.11 Å². The molecule has 1 heterocycles. The van der Waals surface area contributed by atoms with Gasteiger partial charge in [0.1, 0.15) is 5.69 Å². The Balaban J connectivity index is 2.60. The van der Waals surface area contributed by atoms with Crippen molar-refractivity contribution in [3.05, 3.63) is 53.5 Å². The molecule has 0 aliphatic carbocycles. The van der Waals surface area contributed by atoms with Crippen LogP contribution in [0.25, 0.3) is 11.3 Å². The normalized spacial score (nSPS) is 10.2. The van der Waals surface area contributed by atoms with Crippen LogP contribution in [0.4, 0.5) is 4.39 Å². The van der Waals surface area contributed by atoms with E-state index in [0.29, 0.717) is 5.56 Å². The number of nitrogens with zero attached hydrogens (tertiary/aromatic N) is 1. The number of pyridine rings is 1. The molecule has 0 unspecified atom stereocenters. The zero-order valence-electron chi connectivity index (χ0n) is 9.14. The summed E-state index contributed by atoms with van der Waals surface area (Å²) in [5.41, 5.74) is 1.24. The van der Waals surface area contributed by atoms with Gasteiger partial charge in [-0.05, 0) is 19.1 Å². The Kier molecular flexibility index (Phi) is 2.87. The summed E-state index contributed by atoms with van der Waals surface area (Å²) < 4.78 is 13.9. The smallest absolute Gasteiger partial charge is 0.338 e. The molecular formula is C13H10FNO2. The molecular weight excluding hydrogens is 221 g/mol. The van der Waals surface area contributed by atoms with Crippen molar-refractivity contribution in [2.75, 3.05) is 0 Å². The largest absolute Gasteiger partial charge is 0.478 e. The average molecular weight is 231 g/mol. The molecule has 1 N–H and O–H groups in total. The van der Waals surface area contributed by atoms with Crippen LogP contribution < -0.4 is 0 Å². The van der Waals surface area contributed by atoms with Gasteiger partial charge in [-0.1, -0.05) is 23.8 Å². The van der Waals surface area contributed by atoms with Crippen molar-refractivity contribution < 1.29 is 14.3 Å². The Labute approximate surface area is 97.6 Å². The van der Waals surface area contributed by atoms with Crippen LogP contribution in [0.5, 0.6) is 0 Å². The lowest BCUT2D eigenvalue weighted by molar-refractivity contribution is 0.0692. The lowest BCUT2D eigenvalue weighted by atomic mass is 10.1. The van der Waals surface area contributed by atoms with Crippen LogP contribution in [0.1, 0.15) is 15.9 Å². The molecule has 0 saturated carbocycles. The monoisotopic (exact) mass is 231 g/mol. The Morgan fingerprint density at radius 2 is 2.12 bits per heavy atom. The molecule has 86 valence electrons. The summed E-state index contributed by atoms with van der Waals surface area (Å²) in [4.78, 5) is 14.7. The number of carboxylic acid groups (broad SMARTS) is 1. The Bertz CT molecular complexity index is 581. The Hall–Kier alpha value is -2.23. The van der Waals surface area contributed by atoms with Crippen molar-refractivity contribution >= 4 is 5.97 Å². The van der Waals surface area contributed by atoms with E-state index in [1.165, 1.54) is 6.20 Å². The van der Waals surface area contributed by atoms with E-state index >= 15 is 0 Å². The molecule has 0 spiro atoms. The Morgan fingerprint density at radius 1 is 1.35 bits per heavy atom. The molecule has 2 aromatic rings. The second kappa shape index (κ2) is 4.33. The molecule has 4 heteroatoms. The Morgan fingerprint density at radius 3 is 2.76 bits per heavy atom. The zero-order chi connectivity index (χ0) is 12.4. The third-order valence-electron chi connectivity index (χ3n) is 2.41. The van der Waals surface area contributed by atoms with Crippen LogP contribution in [0.2, 0.25) is 0 Å². The zero-order valence-corrected chi connectivity index (χ0v) is 9.14. The first-order valence-electron chi connectivity index (χ1n) is 5.04. The van der Waals surface area contributed by atoms with Gasteiger partial charge in [-0.15, -0.1) is 0 Å². The number of hydrogen-bond donors (Lipinski definition) is 1. The number of carbonyl (C=O) groups is 1. The fourth-order valence-electron chi connectivity index (χ4n) is 1.60. The minimum Gasteiger partial charge on any atom is -0.478 e. The molecule has 3 nitrogen and oxygen atoms in total. The molecule has 0 aliphatic rings. The maximum absolute atomic E-state index is 13.9. The second-order valence-corrected chi connectivity index (χ2v) is 3.70. The fourth-order valence-corrected chi connectivity index (χ4v) is 1.60. The maximum atomic E-state index is 13.9. The molecule has 0 radical (unpaired) electrons. The third-order valence-corrected chi connectivity index (χ3v) is 2.41. The first kappa shape index (κ1) is 11.3. The minimum atomic E-state index is -1.29. The third kappa shape index (κ3) is 2.15. The second-order valence-electron chi connectivity index (χ2n) is 3.70. The van der Waals surface area contributed by atoms with Crippen LogP contribution in [0, 0.1) is 12.7 Å². The predicted octanol–water partition coefficient (Wildman–Crippen LogP) is 2.89. The van der Waals surface area contributed by atoms with Crippen LogP contribution in [-0.2, 0) is 0 Å². The molecule has 0 bridgehead atoms. The molecule has 0 atom stereocenters. The number of aryl methyl sites for hydroxylation is 1. The van der Waals surface area contributed by atoms with Crippen LogP contribution >= 0.6 is 0 Å². The van der Waals surface area contributed by atoms with Gasteiger partial charge in [-0.3, -0.25) is 4.98 Å². The van der Waals surface area contributed by atoms with Gasteiger partial charge in [0.15, 0.2) is 5.82 Å². The SMILES string of the molecule is Cc1cccc(-c2nccc(C(=O)O)c2F)c1. The number of aromatic nitrogens is 1. The molecule has 0 amide bonds. The van der Waals surface area contributed by atoms with E-state index in [1.54, 1.807) is 18.2 Å². The predicted molar refractivity (Wildman–Crippen MR) is 61.3 cm³/mol. The average Bonchev–Trinajstić information content (AvgIpc) is 2.29. The van der Waals surface area contributed by atoms with Gasteiger partial charge in [-0.2, -0.15) is 0 Å². The van der Waals surface area contributed by atoms with Crippen LogP contribution in [-0.4, -0.2) is 16.1 Å². The first-order valence-corrected chi connectivity index (χ1v) is 5.04. The molecule has 0 saturated heterocycles. The van der Waals surface area contributed by atoms with Gasteiger partial charge in [-0.25, -0.2) is 9.18 Å². The van der Waals surface area contributed by atoms with E-state index in [2.05, 4.69) is 4.98 Å². The number of carboxylic acids is 1. The molecule has 1 aromatic carbocycles. The molecule has 0 aliphatic heterocycles. The summed E-state index contributed by atoms with van der Waals surface area (Å²) in [6, 6.07) is 8.26. The van der Waals surface area contributed by atoms with Crippen molar-refractivity contribution in [1.29, 1.82) is 0 Å². The summed E-state index contributed by atoms with van der Waals surface area (Å²) in [5, 5.41) is 8.82. The van der Waals surface area contributed by atoms with Crippen molar-refractivity contribution in [2.45, 2.75) is 6.92 Å². The summed E-state index contributed by atoms with van der Waals surface area (Å²) in [7, 11) is 0. The van der Waals surface area contributed by atoms with Crippen molar-refractivity contribution in [3.63, 3.8) is 0 Å². The standard InChI is InChI=1S/C13H10FNO2/c1-8-3-2-4-9(7-8)12-11(14)10(13(16)17)5-6-15-12/h2-7H,1H3,(H,16,17). The van der Waals surface area contributed by atoms with E-state index < -0.39 is 11.8 Å². The van der Waals surface area contributed by atoms with Crippen molar-refractivity contribution in [2.24, 2.45) is 0 Å². The van der Waals surface area contributed by atoms with Gasteiger partial charge in [0, 0.05) is 11.8 Å². The van der Waals surface area contributed by atoms with Crippen LogP contribution in [0.3, 0.4) is 0 Å². The molecule has 1 aromatic heterocycles. The van der Waals surface area contributed by atoms with E-state index in [0.717, 1.165) is 11.6 Å². The van der Waals surface area contributed by atoms with E-state index in [9.17, 15) is 9.18 Å². The lowest BCUT2D eigenvalue weighted by Gasteiger charge is -2.05. The molecule has 0 fully saturated rings. The van der Waals surface area contributed by atoms with Gasteiger partial charge in [0.25, 0.3) is 0 Å². The summed E-state index contributed by atoms with van der Waals surface area (Å²) in [6.07, 6.45) is 1.30. The summed E-state index contributed by atoms with van der Waals surface area (Å²) >= 11 is 0. The van der Waals surface area contributed by atoms with Gasteiger partial charge in [0.05, 0.1) is 5.56 Å². The maximum Gasteiger partial charge on any atom is 0.338 e. The van der Waals surface area contributed by atoms with E-state index in [4.69, 9.17) is 5.11 Å². The summed E-state index contributed by atoms with van der Waals surface area (Å²) in [6.45, 7) is 1.88. The number of aromatic carboxylic acids is 1. The topological polar surface area (TPSA) is 50.2 Å². The van der Waals surface area contributed by atoms with Crippen molar-refractivity contribution in [1.82, 2.24) is 4.98 Å². The van der Waals surface area contributed by atoms with Gasteiger partial charge in [0.2, 0.25) is 0 Å². The summed E-state index contributed by atoms with van der Waals surface area (Å²) in [5.74, 6) is -2.09. The highest BCUT2D eigenvalue weighted by molar-refractivity contribution is 5.89.